The van der Waals surface area contributed by atoms with E-state index in [1.807, 2.05) is 6.20 Å². The Kier molecular flexibility index (Phi) is 6.34. The number of fused-ring (bicyclic) bond motifs is 6. The minimum Gasteiger partial charge on any atom is -0.680 e. The van der Waals surface area contributed by atoms with E-state index in [-0.39, 0.29) is 0 Å². The Morgan fingerprint density at radius 1 is 0.477 bits per heavy atom. The number of rotatable bonds is 4. The van der Waals surface area contributed by atoms with Crippen molar-refractivity contribution in [3.05, 3.63) is 167 Å². The average Bonchev–Trinajstić information content (AvgIpc) is 3.08. The highest BCUT2D eigenvalue weighted by atomic mass is 14.9. The molecule has 0 aliphatic carbocycles. The largest absolute Gasteiger partial charge is 0.680 e. The Morgan fingerprint density at radius 2 is 1.09 bits per heavy atom. The van der Waals surface area contributed by atoms with Gasteiger partial charge >= 0.3 is 0 Å². The highest BCUT2D eigenvalue weighted by Gasteiger charge is 2.12. The maximum atomic E-state index is 4.94. The van der Waals surface area contributed by atoms with E-state index in [1.165, 1.54) is 65.7 Å². The summed E-state index contributed by atoms with van der Waals surface area (Å²) in [4.78, 5) is 4.82. The molecule has 1 aromatic heterocycles. The minimum atomic E-state index is 0.677. The average molecular weight is 564 g/mol. The lowest BCUT2D eigenvalue weighted by atomic mass is 9.90. The van der Waals surface area contributed by atoms with Crippen molar-refractivity contribution in [2.24, 2.45) is 0 Å². The van der Waals surface area contributed by atoms with Crippen molar-refractivity contribution < 1.29 is 0 Å². The first kappa shape index (κ1) is 26.2. The molecule has 44 heavy (non-hydrogen) atoms. The molecule has 0 N–H and O–H groups in total. The number of nitrogens with zero attached hydrogens (tertiary/aromatic N) is 2. The Labute approximate surface area is 258 Å². The first-order chi connectivity index (χ1) is 21.6. The van der Waals surface area contributed by atoms with E-state index in [0.29, 0.717) is 6.54 Å². The molecule has 0 radical (unpaired) electrons. The van der Waals surface area contributed by atoms with Gasteiger partial charge in [-0.2, -0.15) is 0 Å². The molecule has 2 nitrogen and oxygen atoms in total. The first-order valence-electron chi connectivity index (χ1n) is 15.2. The molecule has 1 aliphatic rings. The maximum Gasteiger partial charge on any atom is 0.0702 e. The number of hydrogen-bond acceptors (Lipinski definition) is 1. The number of hydrogen-bond donors (Lipinski definition) is 0. The summed E-state index contributed by atoms with van der Waals surface area (Å²) in [5.41, 5.74) is 11.6. The number of pyridine rings is 1. The zero-order valence-corrected chi connectivity index (χ0v) is 24.9. The van der Waals surface area contributed by atoms with E-state index in [9.17, 15) is 0 Å². The van der Waals surface area contributed by atoms with Crippen LogP contribution in [0.4, 0.5) is 0 Å². The van der Waals surface area contributed by atoms with Gasteiger partial charge in [0, 0.05) is 17.3 Å². The molecule has 0 saturated carbocycles. The summed E-state index contributed by atoms with van der Waals surface area (Å²) in [6.45, 7) is 4.92. The second kappa shape index (κ2) is 10.7. The third-order valence-electron chi connectivity index (χ3n) is 8.79. The summed E-state index contributed by atoms with van der Waals surface area (Å²) in [7, 11) is 0. The van der Waals surface area contributed by atoms with Crippen LogP contribution in [0, 0.1) is 13.8 Å². The number of aromatic nitrogens is 1. The Morgan fingerprint density at radius 3 is 1.73 bits per heavy atom. The normalized spacial score (nSPS) is 13.1. The molecular weight excluding hydrogens is 532 g/mol. The summed E-state index contributed by atoms with van der Waals surface area (Å²) >= 11 is 0. The molecule has 1 aliphatic heterocycles. The Balaban J connectivity index is 1.20. The van der Waals surface area contributed by atoms with Crippen molar-refractivity contribution in [1.29, 1.82) is 0 Å². The van der Waals surface area contributed by atoms with Crippen LogP contribution in [0.15, 0.2) is 140 Å². The van der Waals surface area contributed by atoms with Crippen molar-refractivity contribution in [2.75, 3.05) is 6.54 Å². The van der Waals surface area contributed by atoms with Gasteiger partial charge in [-0.15, -0.1) is 12.2 Å². The van der Waals surface area contributed by atoms with E-state index in [4.69, 9.17) is 10.3 Å². The zero-order valence-electron chi connectivity index (χ0n) is 24.9. The van der Waals surface area contributed by atoms with Gasteiger partial charge in [-0.05, 0) is 87.1 Å². The van der Waals surface area contributed by atoms with Gasteiger partial charge in [0.15, 0.2) is 0 Å². The summed E-state index contributed by atoms with van der Waals surface area (Å²) < 4.78 is 0. The van der Waals surface area contributed by atoms with Crippen LogP contribution in [-0.2, 0) is 0 Å². The van der Waals surface area contributed by atoms with Gasteiger partial charge in [-0.3, -0.25) is 4.98 Å². The predicted molar refractivity (Wildman–Crippen MR) is 188 cm³/mol. The summed E-state index contributed by atoms with van der Waals surface area (Å²) in [5, 5.41) is 12.6. The second-order valence-electron chi connectivity index (χ2n) is 11.8. The molecule has 0 fully saturated rings. The van der Waals surface area contributed by atoms with Crippen LogP contribution >= 0.6 is 0 Å². The molecule has 0 saturated heterocycles. The smallest absolute Gasteiger partial charge is 0.0702 e. The molecule has 0 bridgehead atoms. The molecule has 2 heteroatoms. The van der Waals surface area contributed by atoms with Crippen molar-refractivity contribution in [3.63, 3.8) is 0 Å². The van der Waals surface area contributed by atoms with Crippen molar-refractivity contribution in [3.8, 4) is 22.4 Å². The van der Waals surface area contributed by atoms with Gasteiger partial charge in [0.2, 0.25) is 0 Å². The summed E-state index contributed by atoms with van der Waals surface area (Å²) in [6, 6.07) is 43.9. The van der Waals surface area contributed by atoms with Crippen LogP contribution in [0.25, 0.3) is 71.3 Å². The van der Waals surface area contributed by atoms with E-state index in [0.717, 1.165) is 22.5 Å². The van der Waals surface area contributed by atoms with Gasteiger partial charge in [-0.1, -0.05) is 126 Å². The third kappa shape index (κ3) is 4.66. The minimum absolute atomic E-state index is 0.677. The van der Waals surface area contributed by atoms with E-state index < -0.39 is 0 Å². The maximum absolute atomic E-state index is 4.94. The fraction of sp³-hybridized carbons (Fsp3) is 0.0714. The SMILES string of the molecule is Cc1cccc(C2=CC=C(c3ccc4c5ccc(-c6ccc(-c7cccc(C)c7)nc6)cc5c5ccccc5c4c3)C[N-]2)c1. The van der Waals surface area contributed by atoms with Crippen LogP contribution in [0.2, 0.25) is 0 Å². The molecule has 0 atom stereocenters. The van der Waals surface area contributed by atoms with Crippen LogP contribution in [0.5, 0.6) is 0 Å². The second-order valence-corrected chi connectivity index (χ2v) is 11.8. The number of allylic oxidation sites excluding steroid dienone is 2. The van der Waals surface area contributed by atoms with Crippen LogP contribution in [0.3, 0.4) is 0 Å². The highest BCUT2D eigenvalue weighted by molar-refractivity contribution is 6.26. The molecule has 8 rings (SSSR count). The lowest BCUT2D eigenvalue weighted by Gasteiger charge is -2.31. The topological polar surface area (TPSA) is 27.0 Å². The fourth-order valence-electron chi connectivity index (χ4n) is 6.51. The molecule has 0 amide bonds. The lowest BCUT2D eigenvalue weighted by Crippen LogP contribution is -1.98. The molecule has 210 valence electrons. The molecule has 2 heterocycles. The van der Waals surface area contributed by atoms with Gasteiger partial charge in [0.25, 0.3) is 0 Å². The summed E-state index contributed by atoms with van der Waals surface area (Å²) in [6.07, 6.45) is 6.38. The lowest BCUT2D eigenvalue weighted by molar-refractivity contribution is 1.32. The monoisotopic (exact) mass is 563 g/mol. The van der Waals surface area contributed by atoms with Crippen LogP contribution in [0.1, 0.15) is 22.3 Å². The number of aryl methyl sites for hydroxylation is 2. The first-order valence-corrected chi connectivity index (χ1v) is 15.2. The molecule has 6 aromatic carbocycles. The third-order valence-corrected chi connectivity index (χ3v) is 8.79. The van der Waals surface area contributed by atoms with E-state index >= 15 is 0 Å². The van der Waals surface area contributed by atoms with Gasteiger partial charge in [-0.25, -0.2) is 0 Å². The quantitative estimate of drug-likeness (QED) is 0.196. The standard InChI is InChI=1S/C42H31N2/c1-27-7-5-9-31(21-27)41-19-15-33(25-43-41)29-13-17-37-38-18-14-30(24-40(38)36-12-4-3-11-35(36)39(37)23-29)34-16-20-42(44-26-34)32-10-6-8-28(2)22-32/h3-25H,26H2,1-2H3/q-1. The highest BCUT2D eigenvalue weighted by Crippen LogP contribution is 2.39. The van der Waals surface area contributed by atoms with E-state index in [1.54, 1.807) is 0 Å². The van der Waals surface area contributed by atoms with E-state index in [2.05, 4.69) is 147 Å². The van der Waals surface area contributed by atoms with Crippen molar-refractivity contribution >= 4 is 43.6 Å². The van der Waals surface area contributed by atoms with Gasteiger partial charge < -0.3 is 5.32 Å². The summed E-state index contributed by atoms with van der Waals surface area (Å²) in [5.74, 6) is 0. The van der Waals surface area contributed by atoms with Gasteiger partial charge in [0.1, 0.15) is 0 Å². The predicted octanol–water partition coefficient (Wildman–Crippen LogP) is 11.3. The van der Waals surface area contributed by atoms with Crippen LogP contribution < -0.4 is 0 Å². The molecular formula is C42H31N2-. The zero-order chi connectivity index (χ0) is 29.6. The molecule has 0 spiro atoms. The van der Waals surface area contributed by atoms with Crippen molar-refractivity contribution in [2.45, 2.75) is 13.8 Å². The Hall–Kier alpha value is -5.47. The van der Waals surface area contributed by atoms with Crippen molar-refractivity contribution in [1.82, 2.24) is 4.98 Å². The fourth-order valence-corrected chi connectivity index (χ4v) is 6.51. The molecule has 0 unspecified atom stereocenters. The Bertz CT molecular complexity index is 2270. The van der Waals surface area contributed by atoms with Gasteiger partial charge in [0.05, 0.1) is 5.69 Å². The molecule has 7 aromatic rings. The number of benzene rings is 6. The van der Waals surface area contributed by atoms with Crippen LogP contribution in [-0.4, -0.2) is 11.5 Å².